The number of para-hydroxylation sites is 1. The summed E-state index contributed by atoms with van der Waals surface area (Å²) < 4.78 is 11.4. The van der Waals surface area contributed by atoms with Crippen LogP contribution in [0.2, 0.25) is 0 Å². The van der Waals surface area contributed by atoms with Gasteiger partial charge in [0.15, 0.2) is 0 Å². The number of aromatic nitrogens is 1. The quantitative estimate of drug-likeness (QED) is 0.353. The second kappa shape index (κ2) is 10.2. The smallest absolute Gasteiger partial charge is 0.411 e. The summed E-state index contributed by atoms with van der Waals surface area (Å²) in [6, 6.07) is 26.1. The van der Waals surface area contributed by atoms with E-state index in [-0.39, 0.29) is 5.91 Å². The average Bonchev–Trinajstić information content (AvgIpc) is 2.86. The standard InChI is InChI=1S/C26H21N3O5/c1-29(26(31)32)20-10-14-23(15-11-20)34-24-16-9-19(17-27-24)28-25(30)18-7-12-22(13-8-18)33-21-5-3-2-4-6-21/h2-17H,1H3,(H,28,30)(H,31,32). The SMILES string of the molecule is CN(C(=O)O)c1ccc(Oc2ccc(NC(=O)c3ccc(Oc4ccccc4)cc3)cn2)cc1. The van der Waals surface area contributed by atoms with Crippen LogP contribution in [0.15, 0.2) is 97.2 Å². The van der Waals surface area contributed by atoms with Gasteiger partial charge in [0, 0.05) is 24.4 Å². The van der Waals surface area contributed by atoms with Crippen LogP contribution in [0.3, 0.4) is 0 Å². The van der Waals surface area contributed by atoms with Crippen molar-refractivity contribution in [3.63, 3.8) is 0 Å². The van der Waals surface area contributed by atoms with Gasteiger partial charge < -0.3 is 19.9 Å². The highest BCUT2D eigenvalue weighted by Crippen LogP contribution is 2.24. The zero-order valence-corrected chi connectivity index (χ0v) is 18.2. The Hall–Kier alpha value is -4.85. The summed E-state index contributed by atoms with van der Waals surface area (Å²) in [4.78, 5) is 28.9. The first-order valence-electron chi connectivity index (χ1n) is 10.3. The van der Waals surface area contributed by atoms with Crippen molar-refractivity contribution in [3.8, 4) is 23.1 Å². The molecule has 0 saturated heterocycles. The predicted molar refractivity (Wildman–Crippen MR) is 128 cm³/mol. The Morgan fingerprint density at radius 1 is 0.794 bits per heavy atom. The minimum atomic E-state index is -1.05. The minimum absolute atomic E-state index is 0.278. The molecule has 1 heterocycles. The van der Waals surface area contributed by atoms with E-state index >= 15 is 0 Å². The molecule has 3 aromatic carbocycles. The number of hydrogen-bond donors (Lipinski definition) is 2. The van der Waals surface area contributed by atoms with Crippen molar-refractivity contribution < 1.29 is 24.2 Å². The monoisotopic (exact) mass is 455 g/mol. The van der Waals surface area contributed by atoms with E-state index in [0.29, 0.717) is 34.3 Å². The van der Waals surface area contributed by atoms with E-state index in [1.54, 1.807) is 60.7 Å². The Morgan fingerprint density at radius 3 is 2.03 bits per heavy atom. The van der Waals surface area contributed by atoms with E-state index < -0.39 is 6.09 Å². The molecule has 8 nitrogen and oxygen atoms in total. The first-order chi connectivity index (χ1) is 16.5. The lowest BCUT2D eigenvalue weighted by molar-refractivity contribution is 0.102. The van der Waals surface area contributed by atoms with Gasteiger partial charge in [0.1, 0.15) is 17.2 Å². The normalized spacial score (nSPS) is 10.3. The van der Waals surface area contributed by atoms with Crippen molar-refractivity contribution in [2.24, 2.45) is 0 Å². The molecule has 0 saturated carbocycles. The van der Waals surface area contributed by atoms with E-state index in [0.717, 1.165) is 10.6 Å². The van der Waals surface area contributed by atoms with E-state index in [1.165, 1.54) is 13.2 Å². The van der Waals surface area contributed by atoms with Crippen LogP contribution in [0.4, 0.5) is 16.2 Å². The predicted octanol–water partition coefficient (Wildman–Crippen LogP) is 6.03. The van der Waals surface area contributed by atoms with Crippen LogP contribution in [0, 0.1) is 0 Å². The fraction of sp³-hybridized carbons (Fsp3) is 0.0385. The van der Waals surface area contributed by atoms with Crippen molar-refractivity contribution in [1.29, 1.82) is 0 Å². The maximum absolute atomic E-state index is 12.5. The van der Waals surface area contributed by atoms with E-state index in [2.05, 4.69) is 10.3 Å². The fourth-order valence-electron chi connectivity index (χ4n) is 2.99. The van der Waals surface area contributed by atoms with Crippen molar-refractivity contribution in [3.05, 3.63) is 103 Å². The number of carboxylic acid groups (broad SMARTS) is 1. The summed E-state index contributed by atoms with van der Waals surface area (Å²) >= 11 is 0. The number of nitrogens with one attached hydrogen (secondary N) is 1. The minimum Gasteiger partial charge on any atom is -0.465 e. The van der Waals surface area contributed by atoms with Gasteiger partial charge in [-0.05, 0) is 66.7 Å². The molecule has 4 rings (SSSR count). The summed E-state index contributed by atoms with van der Waals surface area (Å²) in [5.41, 5.74) is 1.51. The Balaban J connectivity index is 1.33. The Bertz CT molecular complexity index is 1260. The fourth-order valence-corrected chi connectivity index (χ4v) is 2.99. The van der Waals surface area contributed by atoms with Gasteiger partial charge in [-0.25, -0.2) is 9.78 Å². The van der Waals surface area contributed by atoms with Gasteiger partial charge in [-0.1, -0.05) is 18.2 Å². The summed E-state index contributed by atoms with van der Waals surface area (Å²) in [5, 5.41) is 11.8. The van der Waals surface area contributed by atoms with Crippen LogP contribution >= 0.6 is 0 Å². The molecular weight excluding hydrogens is 434 g/mol. The molecule has 0 aliphatic rings. The highest BCUT2D eigenvalue weighted by molar-refractivity contribution is 6.04. The van der Waals surface area contributed by atoms with Gasteiger partial charge in [-0.15, -0.1) is 0 Å². The van der Waals surface area contributed by atoms with Gasteiger partial charge in [0.25, 0.3) is 5.91 Å². The van der Waals surface area contributed by atoms with Crippen molar-refractivity contribution in [2.45, 2.75) is 0 Å². The highest BCUT2D eigenvalue weighted by atomic mass is 16.5. The largest absolute Gasteiger partial charge is 0.465 e. The molecule has 8 heteroatoms. The van der Waals surface area contributed by atoms with Gasteiger partial charge in [-0.3, -0.25) is 9.69 Å². The zero-order valence-electron chi connectivity index (χ0n) is 18.2. The molecule has 0 radical (unpaired) electrons. The van der Waals surface area contributed by atoms with E-state index in [4.69, 9.17) is 14.6 Å². The molecule has 0 unspecified atom stereocenters. The Labute approximate surface area is 196 Å². The van der Waals surface area contributed by atoms with Crippen LogP contribution < -0.4 is 19.7 Å². The summed E-state index contributed by atoms with van der Waals surface area (Å²) in [6.45, 7) is 0. The number of rotatable bonds is 7. The molecule has 0 fully saturated rings. The third-order valence-electron chi connectivity index (χ3n) is 4.82. The maximum atomic E-state index is 12.5. The number of carbonyl (C=O) groups excluding carboxylic acids is 1. The van der Waals surface area contributed by atoms with Crippen LogP contribution in [-0.2, 0) is 0 Å². The van der Waals surface area contributed by atoms with Crippen LogP contribution in [0.1, 0.15) is 10.4 Å². The third kappa shape index (κ3) is 5.68. The Morgan fingerprint density at radius 2 is 1.41 bits per heavy atom. The zero-order chi connectivity index (χ0) is 23.9. The number of hydrogen-bond acceptors (Lipinski definition) is 5. The second-order valence-electron chi connectivity index (χ2n) is 7.22. The molecule has 0 atom stereocenters. The summed E-state index contributed by atoms with van der Waals surface area (Å²) in [7, 11) is 1.46. The number of ether oxygens (including phenoxy) is 2. The molecule has 2 amide bonds. The van der Waals surface area contributed by atoms with Crippen LogP contribution in [-0.4, -0.2) is 29.1 Å². The number of anilines is 2. The summed E-state index contributed by atoms with van der Waals surface area (Å²) in [6.07, 6.45) is 0.441. The van der Waals surface area contributed by atoms with Crippen molar-refractivity contribution >= 4 is 23.4 Å². The lowest BCUT2D eigenvalue weighted by Gasteiger charge is -2.13. The van der Waals surface area contributed by atoms with Gasteiger partial charge in [0.2, 0.25) is 5.88 Å². The average molecular weight is 455 g/mol. The van der Waals surface area contributed by atoms with Crippen molar-refractivity contribution in [1.82, 2.24) is 4.98 Å². The molecule has 34 heavy (non-hydrogen) atoms. The molecule has 170 valence electrons. The second-order valence-corrected chi connectivity index (χ2v) is 7.22. The molecule has 0 bridgehead atoms. The number of carbonyl (C=O) groups is 2. The number of amides is 2. The molecule has 1 aromatic heterocycles. The first-order valence-corrected chi connectivity index (χ1v) is 10.3. The molecule has 2 N–H and O–H groups in total. The van der Waals surface area contributed by atoms with Gasteiger partial charge in [-0.2, -0.15) is 0 Å². The lowest BCUT2D eigenvalue weighted by atomic mass is 10.2. The van der Waals surface area contributed by atoms with Crippen LogP contribution in [0.25, 0.3) is 0 Å². The molecular formula is C26H21N3O5. The molecule has 0 spiro atoms. The number of pyridine rings is 1. The van der Waals surface area contributed by atoms with E-state index in [1.807, 2.05) is 30.3 Å². The maximum Gasteiger partial charge on any atom is 0.411 e. The number of nitrogens with zero attached hydrogens (tertiary/aromatic N) is 2. The Kier molecular flexibility index (Phi) is 6.69. The van der Waals surface area contributed by atoms with E-state index in [9.17, 15) is 9.59 Å². The summed E-state index contributed by atoms with van der Waals surface area (Å²) in [5.74, 6) is 1.91. The highest BCUT2D eigenvalue weighted by Gasteiger charge is 2.10. The molecule has 0 aliphatic heterocycles. The van der Waals surface area contributed by atoms with Gasteiger partial charge >= 0.3 is 6.09 Å². The topological polar surface area (TPSA) is 101 Å². The van der Waals surface area contributed by atoms with Gasteiger partial charge in [0.05, 0.1) is 11.9 Å². The molecule has 0 aliphatic carbocycles. The first kappa shape index (κ1) is 22.3. The van der Waals surface area contributed by atoms with Crippen LogP contribution in [0.5, 0.6) is 23.1 Å². The molecule has 4 aromatic rings. The van der Waals surface area contributed by atoms with Crippen molar-refractivity contribution in [2.75, 3.05) is 17.3 Å². The lowest BCUT2D eigenvalue weighted by Crippen LogP contribution is -2.23. The number of benzene rings is 3. The third-order valence-corrected chi connectivity index (χ3v) is 4.82.